The van der Waals surface area contributed by atoms with Crippen molar-refractivity contribution < 1.29 is 9.90 Å². The van der Waals surface area contributed by atoms with E-state index in [9.17, 15) is 9.90 Å². The zero-order valence-electron chi connectivity index (χ0n) is 9.65. The van der Waals surface area contributed by atoms with Crippen LogP contribution in [0.25, 0.3) is 0 Å². The third-order valence-corrected chi connectivity index (χ3v) is 3.46. The lowest BCUT2D eigenvalue weighted by atomic mass is 10.2. The number of para-hydroxylation sites is 1. The van der Waals surface area contributed by atoms with Gasteiger partial charge in [0.05, 0.1) is 20.9 Å². The molecule has 2 aromatic carbocycles. The van der Waals surface area contributed by atoms with Crippen LogP contribution in [0.1, 0.15) is 10.4 Å². The van der Waals surface area contributed by atoms with E-state index in [0.29, 0.717) is 26.4 Å². The first-order valence-electron chi connectivity index (χ1n) is 5.33. The Kier molecular flexibility index (Phi) is 3.97. The maximum absolute atomic E-state index is 12.0. The molecule has 2 aromatic rings. The van der Waals surface area contributed by atoms with Crippen LogP contribution in [0.3, 0.4) is 0 Å². The fourth-order valence-corrected chi connectivity index (χ4v) is 2.03. The number of carbonyl (C=O) groups is 1. The minimum atomic E-state index is -0.379. The largest absolute Gasteiger partial charge is 0.505 e. The van der Waals surface area contributed by atoms with Crippen LogP contribution in [0.5, 0.6) is 5.75 Å². The number of rotatable bonds is 2. The number of nitrogens with one attached hydrogen (secondary N) is 1. The number of nitrogen functional groups attached to an aromatic ring is 1. The minimum Gasteiger partial charge on any atom is -0.505 e. The Morgan fingerprint density at radius 2 is 2.05 bits per heavy atom. The Bertz CT molecular complexity index is 647. The molecule has 4 nitrogen and oxygen atoms in total. The fourth-order valence-electron chi connectivity index (χ4n) is 1.48. The predicted molar refractivity (Wildman–Crippen MR) is 79.6 cm³/mol. The third-order valence-electron chi connectivity index (χ3n) is 2.50. The van der Waals surface area contributed by atoms with E-state index in [1.807, 2.05) is 0 Å². The van der Waals surface area contributed by atoms with Crippen LogP contribution in [-0.2, 0) is 0 Å². The van der Waals surface area contributed by atoms with Crippen molar-refractivity contribution in [2.75, 3.05) is 11.1 Å². The number of benzene rings is 2. The van der Waals surface area contributed by atoms with Crippen molar-refractivity contribution in [1.29, 1.82) is 0 Å². The molecule has 6 heteroatoms. The number of halogens is 2. The second-order valence-electron chi connectivity index (χ2n) is 3.83. The molecule has 0 radical (unpaired) electrons. The molecule has 0 aromatic heterocycles. The summed E-state index contributed by atoms with van der Waals surface area (Å²) in [5.74, 6) is -0.410. The molecular weight excluding hydrogens is 332 g/mol. The van der Waals surface area contributed by atoms with Crippen LogP contribution in [0.2, 0.25) is 5.02 Å². The Morgan fingerprint density at radius 1 is 1.32 bits per heavy atom. The van der Waals surface area contributed by atoms with E-state index in [1.165, 1.54) is 6.07 Å². The SMILES string of the molecule is Nc1ccc(C(=O)Nc2cccc(Br)c2O)cc1Cl. The van der Waals surface area contributed by atoms with Gasteiger partial charge in [-0.25, -0.2) is 0 Å². The highest BCUT2D eigenvalue weighted by molar-refractivity contribution is 9.10. The topological polar surface area (TPSA) is 75.4 Å². The minimum absolute atomic E-state index is 0.0302. The highest BCUT2D eigenvalue weighted by atomic mass is 79.9. The number of anilines is 2. The molecule has 0 saturated carbocycles. The monoisotopic (exact) mass is 340 g/mol. The van der Waals surface area contributed by atoms with Gasteiger partial charge in [0.15, 0.2) is 5.75 Å². The van der Waals surface area contributed by atoms with Gasteiger partial charge in [-0.15, -0.1) is 0 Å². The molecule has 19 heavy (non-hydrogen) atoms. The van der Waals surface area contributed by atoms with Crippen molar-refractivity contribution in [2.24, 2.45) is 0 Å². The van der Waals surface area contributed by atoms with Crippen LogP contribution in [-0.4, -0.2) is 11.0 Å². The van der Waals surface area contributed by atoms with Gasteiger partial charge in [-0.3, -0.25) is 4.79 Å². The van der Waals surface area contributed by atoms with Gasteiger partial charge >= 0.3 is 0 Å². The van der Waals surface area contributed by atoms with E-state index in [0.717, 1.165) is 0 Å². The first-order valence-corrected chi connectivity index (χ1v) is 6.50. The number of carbonyl (C=O) groups excluding carboxylic acids is 1. The molecule has 0 aliphatic rings. The summed E-state index contributed by atoms with van der Waals surface area (Å²) in [4.78, 5) is 12.0. The van der Waals surface area contributed by atoms with Gasteiger partial charge in [0.25, 0.3) is 5.91 Å². The molecule has 98 valence electrons. The van der Waals surface area contributed by atoms with E-state index < -0.39 is 0 Å². The molecule has 2 rings (SSSR count). The first-order chi connectivity index (χ1) is 8.99. The van der Waals surface area contributed by atoms with Crippen LogP contribution in [0.15, 0.2) is 40.9 Å². The van der Waals surface area contributed by atoms with Crippen molar-refractivity contribution >= 4 is 44.8 Å². The van der Waals surface area contributed by atoms with Gasteiger partial charge < -0.3 is 16.2 Å². The van der Waals surface area contributed by atoms with Gasteiger partial charge in [0.2, 0.25) is 0 Å². The van der Waals surface area contributed by atoms with Crippen molar-refractivity contribution in [2.45, 2.75) is 0 Å². The van der Waals surface area contributed by atoms with Crippen LogP contribution in [0.4, 0.5) is 11.4 Å². The molecular formula is C13H10BrClN2O2. The molecule has 4 N–H and O–H groups in total. The number of phenolic OH excluding ortho intramolecular Hbond substituents is 1. The number of hydrogen-bond donors (Lipinski definition) is 3. The zero-order chi connectivity index (χ0) is 14.0. The Labute approximate surface area is 123 Å². The summed E-state index contributed by atoms with van der Waals surface area (Å²) < 4.78 is 0.501. The Balaban J connectivity index is 2.26. The summed E-state index contributed by atoms with van der Waals surface area (Å²) >= 11 is 9.03. The third kappa shape index (κ3) is 3.00. The second-order valence-corrected chi connectivity index (χ2v) is 5.09. The van der Waals surface area contributed by atoms with Crippen molar-refractivity contribution in [3.63, 3.8) is 0 Å². The van der Waals surface area contributed by atoms with Crippen LogP contribution < -0.4 is 11.1 Å². The van der Waals surface area contributed by atoms with E-state index >= 15 is 0 Å². The van der Waals surface area contributed by atoms with E-state index in [4.69, 9.17) is 17.3 Å². The molecule has 0 spiro atoms. The lowest BCUT2D eigenvalue weighted by Gasteiger charge is -2.09. The number of hydrogen-bond acceptors (Lipinski definition) is 3. The normalized spacial score (nSPS) is 10.2. The number of aromatic hydroxyl groups is 1. The van der Waals surface area contributed by atoms with E-state index in [1.54, 1.807) is 30.3 Å². The number of phenols is 1. The highest BCUT2D eigenvalue weighted by Crippen LogP contribution is 2.32. The first kappa shape index (κ1) is 13.7. The van der Waals surface area contributed by atoms with Crippen molar-refractivity contribution in [3.05, 3.63) is 51.5 Å². The van der Waals surface area contributed by atoms with Crippen molar-refractivity contribution in [3.8, 4) is 5.75 Å². The van der Waals surface area contributed by atoms with E-state index in [2.05, 4.69) is 21.2 Å². The average molecular weight is 342 g/mol. The van der Waals surface area contributed by atoms with Gasteiger partial charge in [-0.2, -0.15) is 0 Å². The fraction of sp³-hybridized carbons (Fsp3) is 0. The van der Waals surface area contributed by atoms with Crippen LogP contribution >= 0.6 is 27.5 Å². The maximum atomic E-state index is 12.0. The molecule has 0 heterocycles. The maximum Gasteiger partial charge on any atom is 0.255 e. The highest BCUT2D eigenvalue weighted by Gasteiger charge is 2.11. The molecule has 0 bridgehead atoms. The van der Waals surface area contributed by atoms with Gasteiger partial charge in [-0.05, 0) is 46.3 Å². The molecule has 0 aliphatic carbocycles. The second kappa shape index (κ2) is 5.50. The van der Waals surface area contributed by atoms with Gasteiger partial charge in [0, 0.05) is 5.56 Å². The molecule has 0 fully saturated rings. The lowest BCUT2D eigenvalue weighted by molar-refractivity contribution is 0.102. The van der Waals surface area contributed by atoms with Crippen molar-refractivity contribution in [1.82, 2.24) is 0 Å². The van der Waals surface area contributed by atoms with Gasteiger partial charge in [-0.1, -0.05) is 17.7 Å². The molecule has 0 saturated heterocycles. The smallest absolute Gasteiger partial charge is 0.255 e. The van der Waals surface area contributed by atoms with Crippen LogP contribution in [0, 0.1) is 0 Å². The molecule has 1 amide bonds. The standard InChI is InChI=1S/C13H10BrClN2O2/c14-8-2-1-3-11(12(8)18)17-13(19)7-4-5-10(16)9(15)6-7/h1-6,18H,16H2,(H,17,19). The number of nitrogens with two attached hydrogens (primary N) is 1. The summed E-state index contributed by atoms with van der Waals surface area (Å²) in [6.45, 7) is 0. The zero-order valence-corrected chi connectivity index (χ0v) is 12.0. The number of amides is 1. The summed E-state index contributed by atoms with van der Waals surface area (Å²) in [5.41, 5.74) is 6.65. The lowest BCUT2D eigenvalue weighted by Crippen LogP contribution is -2.12. The average Bonchev–Trinajstić information content (AvgIpc) is 2.38. The molecule has 0 unspecified atom stereocenters. The summed E-state index contributed by atoms with van der Waals surface area (Å²) in [5, 5.41) is 12.7. The quantitative estimate of drug-likeness (QED) is 0.576. The molecule has 0 atom stereocenters. The predicted octanol–water partition coefficient (Wildman–Crippen LogP) is 3.64. The summed E-state index contributed by atoms with van der Waals surface area (Å²) in [7, 11) is 0. The van der Waals surface area contributed by atoms with E-state index in [-0.39, 0.29) is 11.7 Å². The van der Waals surface area contributed by atoms with Gasteiger partial charge in [0.1, 0.15) is 0 Å². The summed E-state index contributed by atoms with van der Waals surface area (Å²) in [6, 6.07) is 9.56. The Hall–Kier alpha value is -1.72. The summed E-state index contributed by atoms with van der Waals surface area (Å²) in [6.07, 6.45) is 0. The Morgan fingerprint density at radius 3 is 2.74 bits per heavy atom. The molecule has 0 aliphatic heterocycles.